The first-order valence-corrected chi connectivity index (χ1v) is 11.4. The number of carbonyl (C=O) groups is 2. The Labute approximate surface area is 194 Å². The number of methoxy groups -OCH3 is 2. The number of rotatable bonds is 8. The average Bonchev–Trinajstić information content (AvgIpc) is 3.22. The van der Waals surface area contributed by atoms with Gasteiger partial charge in [-0.3, -0.25) is 4.79 Å². The van der Waals surface area contributed by atoms with Crippen molar-refractivity contribution >= 4 is 28.5 Å². The second-order valence-electron chi connectivity index (χ2n) is 8.52. The topological polar surface area (TPSA) is 83.7 Å². The maximum atomic E-state index is 12.8. The van der Waals surface area contributed by atoms with E-state index < -0.39 is 5.97 Å². The van der Waals surface area contributed by atoms with Gasteiger partial charge in [0.25, 0.3) is 0 Å². The smallest absolute Gasteiger partial charge is 0.356 e. The van der Waals surface area contributed by atoms with Crippen LogP contribution >= 0.6 is 0 Å². The zero-order chi connectivity index (χ0) is 23.2. The second-order valence-corrected chi connectivity index (χ2v) is 8.52. The van der Waals surface area contributed by atoms with Gasteiger partial charge in [0, 0.05) is 13.0 Å². The van der Waals surface area contributed by atoms with E-state index in [0.717, 1.165) is 32.4 Å². The van der Waals surface area contributed by atoms with E-state index in [1.807, 2.05) is 12.1 Å². The number of benzene rings is 2. The van der Waals surface area contributed by atoms with Crippen LogP contribution in [0.4, 0.5) is 5.69 Å². The van der Waals surface area contributed by atoms with E-state index in [9.17, 15) is 9.59 Å². The van der Waals surface area contributed by atoms with Gasteiger partial charge in [0.15, 0.2) is 0 Å². The number of piperidine rings is 1. The molecule has 0 saturated carbocycles. The molecule has 0 aliphatic carbocycles. The lowest BCUT2D eigenvalue weighted by atomic mass is 9.90. The molecule has 174 valence electrons. The van der Waals surface area contributed by atoms with Crippen molar-refractivity contribution in [3.8, 4) is 5.75 Å². The molecule has 0 unspecified atom stereocenters. The summed E-state index contributed by atoms with van der Waals surface area (Å²) in [7, 11) is 2.88. The number of aromatic amines is 1. The summed E-state index contributed by atoms with van der Waals surface area (Å²) >= 11 is 0. The van der Waals surface area contributed by atoms with Crippen LogP contribution in [0.2, 0.25) is 0 Å². The van der Waals surface area contributed by atoms with Gasteiger partial charge in [-0.15, -0.1) is 0 Å². The molecule has 0 bridgehead atoms. The summed E-state index contributed by atoms with van der Waals surface area (Å²) in [5, 5.41) is 3.59. The predicted molar refractivity (Wildman–Crippen MR) is 129 cm³/mol. The number of H-pyrrole nitrogens is 1. The highest BCUT2D eigenvalue weighted by Gasteiger charge is 2.24. The number of likely N-dealkylation sites (tertiary alicyclic amines) is 1. The molecule has 1 saturated heterocycles. The van der Waals surface area contributed by atoms with Crippen LogP contribution in [-0.2, 0) is 16.0 Å². The predicted octanol–water partition coefficient (Wildman–Crippen LogP) is 4.25. The number of aromatic nitrogens is 1. The maximum Gasteiger partial charge on any atom is 0.356 e. The van der Waals surface area contributed by atoms with Gasteiger partial charge < -0.3 is 24.7 Å². The minimum atomic E-state index is -0.538. The molecule has 0 atom stereocenters. The second kappa shape index (κ2) is 10.5. The molecule has 1 fully saturated rings. The summed E-state index contributed by atoms with van der Waals surface area (Å²) in [5.41, 5.74) is 2.71. The van der Waals surface area contributed by atoms with Gasteiger partial charge in [0.2, 0.25) is 5.91 Å². The molecule has 3 aromatic rings. The number of fused-ring (bicyclic) bond motifs is 1. The first-order valence-electron chi connectivity index (χ1n) is 11.4. The Hall–Kier alpha value is -3.32. The number of nitrogens with zero attached hydrogens (tertiary/aromatic N) is 1. The van der Waals surface area contributed by atoms with Gasteiger partial charge in [-0.25, -0.2) is 4.79 Å². The number of nitrogens with one attached hydrogen (secondary N) is 2. The average molecular weight is 450 g/mol. The van der Waals surface area contributed by atoms with Crippen LogP contribution in [0.1, 0.15) is 35.3 Å². The van der Waals surface area contributed by atoms with Crippen LogP contribution in [0.15, 0.2) is 48.5 Å². The van der Waals surface area contributed by atoms with Crippen molar-refractivity contribution in [2.75, 3.05) is 39.2 Å². The van der Waals surface area contributed by atoms with Crippen LogP contribution in [0.25, 0.3) is 10.9 Å². The van der Waals surface area contributed by atoms with E-state index in [2.05, 4.69) is 45.5 Å². The Morgan fingerprint density at radius 2 is 1.82 bits per heavy atom. The summed E-state index contributed by atoms with van der Waals surface area (Å²) < 4.78 is 10.4. The van der Waals surface area contributed by atoms with Gasteiger partial charge in [-0.2, -0.15) is 0 Å². The summed E-state index contributed by atoms with van der Waals surface area (Å²) in [6, 6.07) is 16.1. The van der Waals surface area contributed by atoms with E-state index in [1.54, 1.807) is 13.2 Å². The molecule has 7 nitrogen and oxygen atoms in total. The number of hydrogen-bond donors (Lipinski definition) is 2. The van der Waals surface area contributed by atoms with E-state index in [-0.39, 0.29) is 11.6 Å². The molecule has 1 amide bonds. The Balaban J connectivity index is 1.35. The zero-order valence-electron chi connectivity index (χ0n) is 19.2. The van der Waals surface area contributed by atoms with Crippen LogP contribution in [-0.4, -0.2) is 55.6 Å². The molecule has 4 rings (SSSR count). The molecule has 1 aliphatic rings. The number of anilines is 1. The van der Waals surface area contributed by atoms with Gasteiger partial charge >= 0.3 is 5.97 Å². The van der Waals surface area contributed by atoms with Crippen molar-refractivity contribution in [3.05, 3.63) is 59.8 Å². The fourth-order valence-electron chi connectivity index (χ4n) is 4.59. The lowest BCUT2D eigenvalue weighted by Crippen LogP contribution is -2.36. The largest absolute Gasteiger partial charge is 0.496 e. The van der Waals surface area contributed by atoms with E-state index in [4.69, 9.17) is 9.47 Å². The van der Waals surface area contributed by atoms with Crippen LogP contribution < -0.4 is 10.1 Å². The third-order valence-corrected chi connectivity index (χ3v) is 6.39. The van der Waals surface area contributed by atoms with E-state index in [0.29, 0.717) is 41.2 Å². The lowest BCUT2D eigenvalue weighted by Gasteiger charge is -2.31. The molecule has 33 heavy (non-hydrogen) atoms. The molecule has 2 heterocycles. The minimum absolute atomic E-state index is 0.140. The number of amides is 1. The Bertz CT molecular complexity index is 1100. The third kappa shape index (κ3) is 5.37. The Kier molecular flexibility index (Phi) is 7.29. The summed E-state index contributed by atoms with van der Waals surface area (Å²) in [6.07, 6.45) is 3.75. The van der Waals surface area contributed by atoms with E-state index in [1.165, 1.54) is 12.7 Å². The van der Waals surface area contributed by atoms with Crippen molar-refractivity contribution in [3.63, 3.8) is 0 Å². The third-order valence-electron chi connectivity index (χ3n) is 6.39. The van der Waals surface area contributed by atoms with Crippen molar-refractivity contribution < 1.29 is 19.1 Å². The quantitative estimate of drug-likeness (QED) is 0.503. The summed E-state index contributed by atoms with van der Waals surface area (Å²) in [4.78, 5) is 30.5. The molecular weight excluding hydrogens is 418 g/mol. The van der Waals surface area contributed by atoms with Gasteiger partial charge in [-0.05, 0) is 56.0 Å². The van der Waals surface area contributed by atoms with Crippen LogP contribution in [0.5, 0.6) is 5.75 Å². The van der Waals surface area contributed by atoms with Crippen LogP contribution in [0, 0.1) is 5.92 Å². The highest BCUT2D eigenvalue weighted by Crippen LogP contribution is 2.35. The molecule has 1 aliphatic heterocycles. The molecular formula is C26H31N3O4. The first kappa shape index (κ1) is 22.9. The molecule has 0 spiro atoms. The number of carbonyl (C=O) groups excluding carboxylic acids is 2. The zero-order valence-corrected chi connectivity index (χ0v) is 19.2. The number of hydrogen-bond acceptors (Lipinski definition) is 5. The fourth-order valence-corrected chi connectivity index (χ4v) is 4.59. The molecule has 0 radical (unpaired) electrons. The Morgan fingerprint density at radius 1 is 1.06 bits per heavy atom. The van der Waals surface area contributed by atoms with Gasteiger partial charge in [0.1, 0.15) is 11.4 Å². The summed E-state index contributed by atoms with van der Waals surface area (Å²) in [5.74, 6) is 0.593. The SMILES string of the molecule is COC(=O)c1[nH]c2cccc(OC)c2c1NC(=O)CCN1CCC(Cc2ccccc2)CC1. The van der Waals surface area contributed by atoms with Gasteiger partial charge in [0.05, 0.1) is 30.8 Å². The Morgan fingerprint density at radius 3 is 2.52 bits per heavy atom. The highest BCUT2D eigenvalue weighted by atomic mass is 16.5. The molecule has 2 aromatic carbocycles. The normalized spacial score (nSPS) is 14.8. The molecule has 2 N–H and O–H groups in total. The maximum absolute atomic E-state index is 12.8. The van der Waals surface area contributed by atoms with Crippen LogP contribution in [0.3, 0.4) is 0 Å². The fraction of sp³-hybridized carbons (Fsp3) is 0.385. The van der Waals surface area contributed by atoms with Crippen molar-refractivity contribution in [1.29, 1.82) is 0 Å². The van der Waals surface area contributed by atoms with E-state index >= 15 is 0 Å². The minimum Gasteiger partial charge on any atom is -0.496 e. The first-order chi connectivity index (χ1) is 16.1. The molecule has 1 aromatic heterocycles. The van der Waals surface area contributed by atoms with Crippen molar-refractivity contribution in [1.82, 2.24) is 9.88 Å². The standard InChI is InChI=1S/C26H31N3O4/c1-32-21-10-6-9-20-23(21)24(25(27-20)26(31)33-2)28-22(30)13-16-29-14-11-19(12-15-29)17-18-7-4-3-5-8-18/h3-10,19,27H,11-17H2,1-2H3,(H,28,30). The van der Waals surface area contributed by atoms with Crippen molar-refractivity contribution in [2.45, 2.75) is 25.7 Å². The number of esters is 1. The highest BCUT2D eigenvalue weighted by molar-refractivity contribution is 6.12. The monoisotopic (exact) mass is 449 g/mol. The summed E-state index contributed by atoms with van der Waals surface area (Å²) in [6.45, 7) is 2.69. The molecule has 7 heteroatoms. The van der Waals surface area contributed by atoms with Crippen molar-refractivity contribution in [2.24, 2.45) is 5.92 Å². The number of ether oxygens (including phenoxy) is 2. The lowest BCUT2D eigenvalue weighted by molar-refractivity contribution is -0.116. The van der Waals surface area contributed by atoms with Gasteiger partial charge in [-0.1, -0.05) is 36.4 Å².